The molecular formula is C16H28N2O. The number of hydrogen-bond donors (Lipinski definition) is 3. The maximum Gasteiger partial charge on any atom is 0.0526 e. The molecule has 0 heterocycles. The number of rotatable bonds is 7. The molecule has 1 aromatic carbocycles. The molecule has 108 valence electrons. The van der Waals surface area contributed by atoms with Gasteiger partial charge < -0.3 is 16.2 Å². The van der Waals surface area contributed by atoms with Crippen molar-refractivity contribution in [2.45, 2.75) is 58.2 Å². The summed E-state index contributed by atoms with van der Waals surface area (Å²) >= 11 is 0. The van der Waals surface area contributed by atoms with Gasteiger partial charge in [0.15, 0.2) is 0 Å². The fourth-order valence-corrected chi connectivity index (χ4v) is 2.34. The van der Waals surface area contributed by atoms with E-state index in [-0.39, 0.29) is 18.2 Å². The average molecular weight is 264 g/mol. The molecule has 0 aliphatic carbocycles. The third-order valence-corrected chi connectivity index (χ3v) is 3.42. The van der Waals surface area contributed by atoms with Gasteiger partial charge in [0.2, 0.25) is 0 Å². The van der Waals surface area contributed by atoms with E-state index < -0.39 is 0 Å². The average Bonchev–Trinajstić information content (AvgIpc) is 2.35. The zero-order valence-corrected chi connectivity index (χ0v) is 12.6. The Balaban J connectivity index is 2.68. The molecule has 0 fully saturated rings. The van der Waals surface area contributed by atoms with E-state index in [9.17, 15) is 5.11 Å². The minimum Gasteiger partial charge on any atom is -0.393 e. The molecule has 0 aromatic heterocycles. The van der Waals surface area contributed by atoms with Crippen molar-refractivity contribution in [3.8, 4) is 0 Å². The predicted octanol–water partition coefficient (Wildman–Crippen LogP) is 2.56. The molecule has 0 aliphatic heterocycles. The molecule has 0 amide bonds. The first-order chi connectivity index (χ1) is 8.93. The Bertz CT molecular complexity index is 360. The summed E-state index contributed by atoms with van der Waals surface area (Å²) in [5.41, 5.74) is 8.41. The van der Waals surface area contributed by atoms with Gasteiger partial charge in [-0.2, -0.15) is 0 Å². The van der Waals surface area contributed by atoms with Crippen LogP contribution in [0, 0.1) is 0 Å². The summed E-state index contributed by atoms with van der Waals surface area (Å²) < 4.78 is 0. The number of hydrogen-bond acceptors (Lipinski definition) is 3. The van der Waals surface area contributed by atoms with E-state index in [1.165, 1.54) is 11.1 Å². The molecule has 3 heteroatoms. The van der Waals surface area contributed by atoms with Gasteiger partial charge >= 0.3 is 0 Å². The smallest absolute Gasteiger partial charge is 0.0526 e. The first-order valence-corrected chi connectivity index (χ1v) is 7.18. The maximum atomic E-state index is 9.41. The molecule has 3 unspecified atom stereocenters. The molecule has 0 spiro atoms. The van der Waals surface area contributed by atoms with Crippen molar-refractivity contribution in [2.75, 3.05) is 6.54 Å². The van der Waals surface area contributed by atoms with Gasteiger partial charge in [-0.3, -0.25) is 0 Å². The molecule has 19 heavy (non-hydrogen) atoms. The summed E-state index contributed by atoms with van der Waals surface area (Å²) in [6.07, 6.45) is 0.449. The van der Waals surface area contributed by atoms with Crippen LogP contribution < -0.4 is 11.1 Å². The zero-order chi connectivity index (χ0) is 14.4. The standard InChI is InChI=1S/C16H28N2O/c1-11(2)14-5-7-15(8-6-14)16(10-17)18-12(3)9-13(4)19/h5-8,11-13,16,18-19H,9-10,17H2,1-4H3. The first-order valence-electron chi connectivity index (χ1n) is 7.18. The van der Waals surface area contributed by atoms with Crippen molar-refractivity contribution >= 4 is 0 Å². The summed E-state index contributed by atoms with van der Waals surface area (Å²) in [6.45, 7) is 8.84. The Morgan fingerprint density at radius 1 is 1.05 bits per heavy atom. The maximum absolute atomic E-state index is 9.41. The van der Waals surface area contributed by atoms with E-state index in [4.69, 9.17) is 5.73 Å². The van der Waals surface area contributed by atoms with Crippen LogP contribution in [0.3, 0.4) is 0 Å². The molecule has 4 N–H and O–H groups in total. The molecule has 1 rings (SSSR count). The van der Waals surface area contributed by atoms with E-state index in [1.54, 1.807) is 0 Å². The Hall–Kier alpha value is -0.900. The van der Waals surface area contributed by atoms with Crippen molar-refractivity contribution in [3.05, 3.63) is 35.4 Å². The Morgan fingerprint density at radius 3 is 2.00 bits per heavy atom. The lowest BCUT2D eigenvalue weighted by Crippen LogP contribution is -2.36. The summed E-state index contributed by atoms with van der Waals surface area (Å²) in [4.78, 5) is 0. The topological polar surface area (TPSA) is 58.3 Å². The summed E-state index contributed by atoms with van der Waals surface area (Å²) in [6, 6.07) is 9.03. The van der Waals surface area contributed by atoms with Gasteiger partial charge in [-0.1, -0.05) is 38.1 Å². The second-order valence-corrected chi connectivity index (χ2v) is 5.76. The number of aliphatic hydroxyl groups is 1. The lowest BCUT2D eigenvalue weighted by Gasteiger charge is -2.23. The molecule has 3 nitrogen and oxygen atoms in total. The number of benzene rings is 1. The van der Waals surface area contributed by atoms with Gasteiger partial charge in [-0.25, -0.2) is 0 Å². The predicted molar refractivity (Wildman–Crippen MR) is 81.2 cm³/mol. The van der Waals surface area contributed by atoms with Gasteiger partial charge in [0.25, 0.3) is 0 Å². The molecular weight excluding hydrogens is 236 g/mol. The highest BCUT2D eigenvalue weighted by atomic mass is 16.3. The summed E-state index contributed by atoms with van der Waals surface area (Å²) in [5.74, 6) is 0.549. The Labute approximate surface area is 117 Å². The summed E-state index contributed by atoms with van der Waals surface area (Å²) in [5, 5.41) is 12.9. The third kappa shape index (κ3) is 5.31. The van der Waals surface area contributed by atoms with Crippen LogP contribution in [0.25, 0.3) is 0 Å². The van der Waals surface area contributed by atoms with Gasteiger partial charge in [0.1, 0.15) is 0 Å². The van der Waals surface area contributed by atoms with Crippen molar-refractivity contribution in [1.82, 2.24) is 5.32 Å². The van der Waals surface area contributed by atoms with E-state index >= 15 is 0 Å². The largest absolute Gasteiger partial charge is 0.393 e. The van der Waals surface area contributed by atoms with Crippen LogP contribution >= 0.6 is 0 Å². The van der Waals surface area contributed by atoms with Crippen molar-refractivity contribution < 1.29 is 5.11 Å². The highest BCUT2D eigenvalue weighted by Gasteiger charge is 2.14. The van der Waals surface area contributed by atoms with Crippen molar-refractivity contribution in [2.24, 2.45) is 5.73 Å². The van der Waals surface area contributed by atoms with Crippen molar-refractivity contribution in [1.29, 1.82) is 0 Å². The number of nitrogens with two attached hydrogens (primary N) is 1. The second-order valence-electron chi connectivity index (χ2n) is 5.76. The monoisotopic (exact) mass is 264 g/mol. The molecule has 0 radical (unpaired) electrons. The molecule has 0 bridgehead atoms. The summed E-state index contributed by atoms with van der Waals surface area (Å²) in [7, 11) is 0. The van der Waals surface area contributed by atoms with Crippen LogP contribution in [0.4, 0.5) is 0 Å². The fourth-order valence-electron chi connectivity index (χ4n) is 2.34. The Morgan fingerprint density at radius 2 is 1.58 bits per heavy atom. The molecule has 1 aromatic rings. The first kappa shape index (κ1) is 16.2. The van der Waals surface area contributed by atoms with E-state index in [0.29, 0.717) is 12.5 Å². The molecule has 3 atom stereocenters. The SMILES string of the molecule is CC(O)CC(C)NC(CN)c1ccc(C(C)C)cc1. The zero-order valence-electron chi connectivity index (χ0n) is 12.6. The van der Waals surface area contributed by atoms with Crippen LogP contribution in [0.15, 0.2) is 24.3 Å². The molecule has 0 saturated carbocycles. The highest BCUT2D eigenvalue weighted by molar-refractivity contribution is 5.27. The lowest BCUT2D eigenvalue weighted by molar-refractivity contribution is 0.168. The highest BCUT2D eigenvalue weighted by Crippen LogP contribution is 2.19. The van der Waals surface area contributed by atoms with E-state index in [2.05, 4.69) is 50.4 Å². The van der Waals surface area contributed by atoms with Gasteiger partial charge in [0.05, 0.1) is 6.10 Å². The number of aliphatic hydroxyl groups excluding tert-OH is 1. The van der Waals surface area contributed by atoms with Gasteiger partial charge in [-0.05, 0) is 37.3 Å². The number of nitrogens with one attached hydrogen (secondary N) is 1. The van der Waals surface area contributed by atoms with Crippen molar-refractivity contribution in [3.63, 3.8) is 0 Å². The molecule has 0 saturated heterocycles. The quantitative estimate of drug-likeness (QED) is 0.709. The van der Waals surface area contributed by atoms with Gasteiger partial charge in [-0.15, -0.1) is 0 Å². The Kier molecular flexibility index (Phi) is 6.49. The second kappa shape index (κ2) is 7.63. The van der Waals surface area contributed by atoms with Gasteiger partial charge in [0, 0.05) is 18.6 Å². The van der Waals surface area contributed by atoms with Crippen LogP contribution in [-0.2, 0) is 0 Å². The third-order valence-electron chi connectivity index (χ3n) is 3.42. The van der Waals surface area contributed by atoms with E-state index in [1.807, 2.05) is 6.92 Å². The van der Waals surface area contributed by atoms with Crippen LogP contribution in [-0.4, -0.2) is 23.8 Å². The van der Waals surface area contributed by atoms with E-state index in [0.717, 1.165) is 6.42 Å². The van der Waals surface area contributed by atoms with Crippen LogP contribution in [0.1, 0.15) is 57.2 Å². The lowest BCUT2D eigenvalue weighted by atomic mass is 9.98. The van der Waals surface area contributed by atoms with Crippen LogP contribution in [0.2, 0.25) is 0 Å². The minimum absolute atomic E-state index is 0.148. The normalized spacial score (nSPS) is 16.4. The molecule has 0 aliphatic rings. The fraction of sp³-hybridized carbons (Fsp3) is 0.625. The van der Waals surface area contributed by atoms with Crippen LogP contribution in [0.5, 0.6) is 0 Å². The minimum atomic E-state index is -0.288.